The molecule has 1 fully saturated rings. The summed E-state index contributed by atoms with van der Waals surface area (Å²) in [5.41, 5.74) is 0.637. The van der Waals surface area contributed by atoms with E-state index >= 15 is 0 Å². The average molecular weight is 287 g/mol. The van der Waals surface area contributed by atoms with Crippen LogP contribution in [0.15, 0.2) is 28.8 Å². The van der Waals surface area contributed by atoms with Gasteiger partial charge in [-0.25, -0.2) is 0 Å². The molecule has 1 amide bonds. The fourth-order valence-corrected chi connectivity index (χ4v) is 1.91. The quantitative estimate of drug-likeness (QED) is 0.880. The van der Waals surface area contributed by atoms with E-state index in [1.165, 1.54) is 12.8 Å². The predicted molar refractivity (Wildman–Crippen MR) is 74.9 cm³/mol. The molecule has 0 spiro atoms. The number of benzene rings is 1. The SMILES string of the molecule is Cc1nc(COc2ccc(C(=O)NCC3CC3)cc2)no1. The van der Waals surface area contributed by atoms with Crippen molar-refractivity contribution in [2.24, 2.45) is 5.92 Å². The van der Waals surface area contributed by atoms with E-state index in [1.807, 2.05) is 0 Å². The van der Waals surface area contributed by atoms with Gasteiger partial charge in [0, 0.05) is 19.0 Å². The number of ether oxygens (including phenoxy) is 1. The van der Waals surface area contributed by atoms with Crippen molar-refractivity contribution in [3.63, 3.8) is 0 Å². The monoisotopic (exact) mass is 287 g/mol. The summed E-state index contributed by atoms with van der Waals surface area (Å²) >= 11 is 0. The Bertz CT molecular complexity index is 617. The van der Waals surface area contributed by atoms with Crippen LogP contribution in [-0.2, 0) is 6.61 Å². The number of hydrogen-bond donors (Lipinski definition) is 1. The number of carbonyl (C=O) groups excluding carboxylic acids is 1. The van der Waals surface area contributed by atoms with Gasteiger partial charge in [0.2, 0.25) is 11.7 Å². The highest BCUT2D eigenvalue weighted by Crippen LogP contribution is 2.27. The lowest BCUT2D eigenvalue weighted by molar-refractivity contribution is 0.0951. The van der Waals surface area contributed by atoms with Crippen LogP contribution < -0.4 is 10.1 Å². The third-order valence-corrected chi connectivity index (χ3v) is 3.30. The number of hydrogen-bond acceptors (Lipinski definition) is 5. The summed E-state index contributed by atoms with van der Waals surface area (Å²) < 4.78 is 10.4. The molecule has 0 atom stereocenters. The first-order chi connectivity index (χ1) is 10.2. The molecular weight excluding hydrogens is 270 g/mol. The minimum absolute atomic E-state index is 0.0396. The highest BCUT2D eigenvalue weighted by atomic mass is 16.5. The van der Waals surface area contributed by atoms with E-state index < -0.39 is 0 Å². The molecule has 0 aliphatic heterocycles. The van der Waals surface area contributed by atoms with Gasteiger partial charge < -0.3 is 14.6 Å². The molecular formula is C15H17N3O3. The number of amides is 1. The zero-order valence-corrected chi connectivity index (χ0v) is 11.8. The van der Waals surface area contributed by atoms with Crippen molar-refractivity contribution in [3.05, 3.63) is 41.5 Å². The molecule has 1 aliphatic carbocycles. The van der Waals surface area contributed by atoms with Crippen molar-refractivity contribution in [3.8, 4) is 5.75 Å². The van der Waals surface area contributed by atoms with Crippen LogP contribution in [0.2, 0.25) is 0 Å². The molecule has 1 aliphatic rings. The van der Waals surface area contributed by atoms with E-state index in [0.29, 0.717) is 28.9 Å². The first-order valence-corrected chi connectivity index (χ1v) is 7.01. The lowest BCUT2D eigenvalue weighted by Gasteiger charge is -2.06. The number of nitrogens with zero attached hydrogens (tertiary/aromatic N) is 2. The van der Waals surface area contributed by atoms with Crippen molar-refractivity contribution < 1.29 is 14.1 Å². The van der Waals surface area contributed by atoms with Crippen LogP contribution in [0.25, 0.3) is 0 Å². The van der Waals surface area contributed by atoms with E-state index in [4.69, 9.17) is 9.26 Å². The van der Waals surface area contributed by atoms with Crippen LogP contribution in [-0.4, -0.2) is 22.6 Å². The molecule has 0 saturated heterocycles. The van der Waals surface area contributed by atoms with Gasteiger partial charge in [0.15, 0.2) is 6.61 Å². The van der Waals surface area contributed by atoms with Crippen molar-refractivity contribution in [1.82, 2.24) is 15.5 Å². The van der Waals surface area contributed by atoms with Crippen LogP contribution >= 0.6 is 0 Å². The zero-order valence-electron chi connectivity index (χ0n) is 11.8. The number of nitrogens with one attached hydrogen (secondary N) is 1. The molecule has 110 valence electrons. The molecule has 2 aromatic rings. The Morgan fingerprint density at radius 2 is 2.14 bits per heavy atom. The number of rotatable bonds is 6. The topological polar surface area (TPSA) is 77.2 Å². The summed E-state index contributed by atoms with van der Waals surface area (Å²) in [4.78, 5) is 15.9. The highest BCUT2D eigenvalue weighted by Gasteiger charge is 2.21. The molecule has 1 saturated carbocycles. The minimum atomic E-state index is -0.0396. The molecule has 0 bridgehead atoms. The molecule has 6 heteroatoms. The number of aryl methyl sites for hydroxylation is 1. The maximum absolute atomic E-state index is 11.9. The van der Waals surface area contributed by atoms with Crippen LogP contribution in [0.4, 0.5) is 0 Å². The highest BCUT2D eigenvalue weighted by molar-refractivity contribution is 5.94. The molecule has 6 nitrogen and oxygen atoms in total. The first kappa shape index (κ1) is 13.6. The second-order valence-electron chi connectivity index (χ2n) is 5.20. The van der Waals surface area contributed by atoms with Crippen LogP contribution in [0.1, 0.15) is 34.9 Å². The Hall–Kier alpha value is -2.37. The van der Waals surface area contributed by atoms with Gasteiger partial charge in [0.1, 0.15) is 5.75 Å². The minimum Gasteiger partial charge on any atom is -0.485 e. The summed E-state index contributed by atoms with van der Waals surface area (Å²) in [6.45, 7) is 2.74. The van der Waals surface area contributed by atoms with Crippen LogP contribution in [0.3, 0.4) is 0 Å². The van der Waals surface area contributed by atoms with Gasteiger partial charge in [-0.1, -0.05) is 5.16 Å². The standard InChI is InChI=1S/C15H17N3O3/c1-10-17-14(18-21-10)9-20-13-6-4-12(5-7-13)15(19)16-8-11-2-3-11/h4-7,11H,2-3,8-9H2,1H3,(H,16,19). The largest absolute Gasteiger partial charge is 0.485 e. The number of aromatic nitrogens is 2. The molecule has 0 unspecified atom stereocenters. The van der Waals surface area contributed by atoms with E-state index in [0.717, 1.165) is 6.54 Å². The van der Waals surface area contributed by atoms with E-state index in [2.05, 4.69) is 15.5 Å². The summed E-state index contributed by atoms with van der Waals surface area (Å²) in [5, 5.41) is 6.68. The summed E-state index contributed by atoms with van der Waals surface area (Å²) in [7, 11) is 0. The van der Waals surface area contributed by atoms with Gasteiger partial charge in [-0.05, 0) is 43.0 Å². The van der Waals surface area contributed by atoms with Gasteiger partial charge in [-0.15, -0.1) is 0 Å². The van der Waals surface area contributed by atoms with Crippen molar-refractivity contribution in [2.75, 3.05) is 6.54 Å². The Balaban J connectivity index is 1.51. The Kier molecular flexibility index (Phi) is 3.85. The maximum Gasteiger partial charge on any atom is 0.251 e. The fraction of sp³-hybridized carbons (Fsp3) is 0.400. The normalized spacial score (nSPS) is 14.0. The summed E-state index contributed by atoms with van der Waals surface area (Å²) in [6, 6.07) is 7.02. The number of carbonyl (C=O) groups is 1. The van der Waals surface area contributed by atoms with Gasteiger partial charge >= 0.3 is 0 Å². The molecule has 1 aromatic carbocycles. The zero-order chi connectivity index (χ0) is 14.7. The van der Waals surface area contributed by atoms with Gasteiger partial charge in [-0.2, -0.15) is 4.98 Å². The first-order valence-electron chi connectivity index (χ1n) is 7.01. The second-order valence-corrected chi connectivity index (χ2v) is 5.20. The lowest BCUT2D eigenvalue weighted by atomic mass is 10.2. The smallest absolute Gasteiger partial charge is 0.251 e. The van der Waals surface area contributed by atoms with Crippen LogP contribution in [0.5, 0.6) is 5.75 Å². The Labute approximate surface area is 122 Å². The van der Waals surface area contributed by atoms with Crippen molar-refractivity contribution in [1.29, 1.82) is 0 Å². The Morgan fingerprint density at radius 1 is 1.38 bits per heavy atom. The summed E-state index contributed by atoms with van der Waals surface area (Å²) in [5.74, 6) is 2.31. The van der Waals surface area contributed by atoms with E-state index in [1.54, 1.807) is 31.2 Å². The van der Waals surface area contributed by atoms with E-state index in [9.17, 15) is 4.79 Å². The summed E-state index contributed by atoms with van der Waals surface area (Å²) in [6.07, 6.45) is 2.45. The molecule has 3 rings (SSSR count). The van der Waals surface area contributed by atoms with Gasteiger partial charge in [0.05, 0.1) is 0 Å². The molecule has 21 heavy (non-hydrogen) atoms. The fourth-order valence-electron chi connectivity index (χ4n) is 1.91. The molecule has 1 aromatic heterocycles. The van der Waals surface area contributed by atoms with Gasteiger partial charge in [-0.3, -0.25) is 4.79 Å². The molecule has 1 heterocycles. The predicted octanol–water partition coefficient (Wildman–Crippen LogP) is 2.10. The van der Waals surface area contributed by atoms with Crippen molar-refractivity contribution in [2.45, 2.75) is 26.4 Å². The van der Waals surface area contributed by atoms with Crippen LogP contribution in [0, 0.1) is 12.8 Å². The third kappa shape index (κ3) is 3.81. The van der Waals surface area contributed by atoms with E-state index in [-0.39, 0.29) is 12.5 Å². The average Bonchev–Trinajstić information content (AvgIpc) is 3.24. The maximum atomic E-state index is 11.9. The third-order valence-electron chi connectivity index (χ3n) is 3.30. The Morgan fingerprint density at radius 3 is 2.76 bits per heavy atom. The lowest BCUT2D eigenvalue weighted by Crippen LogP contribution is -2.25. The molecule has 1 N–H and O–H groups in total. The second kappa shape index (κ2) is 5.95. The van der Waals surface area contributed by atoms with Crippen molar-refractivity contribution >= 4 is 5.91 Å². The van der Waals surface area contributed by atoms with Gasteiger partial charge in [0.25, 0.3) is 5.91 Å². The molecule has 0 radical (unpaired) electrons.